The molecular weight excluding hydrogens is 141 g/mol. The van der Waals surface area contributed by atoms with E-state index in [2.05, 4.69) is 5.32 Å². The number of nitrogens with one attached hydrogen (secondary N) is 1. The summed E-state index contributed by atoms with van der Waals surface area (Å²) < 4.78 is 13.2. The maximum absolute atomic E-state index is 13.2. The zero-order valence-corrected chi connectivity index (χ0v) is 6.85. The Morgan fingerprint density at radius 2 is 1.82 bits per heavy atom. The summed E-state index contributed by atoms with van der Waals surface area (Å²) in [6, 6.07) is 0. The Morgan fingerprint density at radius 1 is 1.09 bits per heavy atom. The average Bonchev–Trinajstić information content (AvgIpc) is 2.55. The highest BCUT2D eigenvalue weighted by atomic mass is 19.1. The van der Waals surface area contributed by atoms with Crippen molar-refractivity contribution < 1.29 is 4.39 Å². The molecule has 1 saturated carbocycles. The maximum Gasteiger partial charge on any atom is 0.117 e. The van der Waals surface area contributed by atoms with E-state index in [9.17, 15) is 4.39 Å². The summed E-state index contributed by atoms with van der Waals surface area (Å²) >= 11 is 0. The van der Waals surface area contributed by atoms with Crippen molar-refractivity contribution in [2.45, 2.75) is 31.9 Å². The predicted octanol–water partition coefficient (Wildman–Crippen LogP) is 1.73. The topological polar surface area (TPSA) is 12.0 Å². The Labute approximate surface area is 67.4 Å². The molecule has 0 unspecified atom stereocenters. The number of hydrogen-bond acceptors (Lipinski definition) is 1. The molecule has 1 heterocycles. The second kappa shape index (κ2) is 3.10. The molecule has 1 aliphatic carbocycles. The van der Waals surface area contributed by atoms with Gasteiger partial charge in [0, 0.05) is 19.0 Å². The molecule has 0 bridgehead atoms. The fourth-order valence-electron chi connectivity index (χ4n) is 2.51. The van der Waals surface area contributed by atoms with Gasteiger partial charge in [-0.1, -0.05) is 25.7 Å². The molecule has 0 spiro atoms. The highest BCUT2D eigenvalue weighted by Crippen LogP contribution is 2.35. The van der Waals surface area contributed by atoms with Crippen LogP contribution in [0, 0.1) is 11.8 Å². The first-order valence-corrected chi connectivity index (χ1v) is 4.72. The van der Waals surface area contributed by atoms with E-state index < -0.39 is 6.17 Å². The molecule has 0 amide bonds. The first-order chi connectivity index (χ1) is 5.38. The van der Waals surface area contributed by atoms with Gasteiger partial charge in [0.05, 0.1) is 0 Å². The van der Waals surface area contributed by atoms with Crippen molar-refractivity contribution in [1.82, 2.24) is 5.32 Å². The molecule has 2 atom stereocenters. The summed E-state index contributed by atoms with van der Waals surface area (Å²) in [6.07, 6.45) is 4.64. The molecule has 0 aromatic heterocycles. The highest BCUT2D eigenvalue weighted by molar-refractivity contribution is 4.87. The largest absolute Gasteiger partial charge is 0.313 e. The minimum Gasteiger partial charge on any atom is -0.313 e. The Kier molecular flexibility index (Phi) is 2.12. The van der Waals surface area contributed by atoms with Gasteiger partial charge in [-0.2, -0.15) is 0 Å². The number of rotatable bonds is 1. The van der Waals surface area contributed by atoms with Gasteiger partial charge in [0.25, 0.3) is 0 Å². The SMILES string of the molecule is F[C@@H]1CNC[C@H]1C1CCCC1. The molecule has 2 fully saturated rings. The molecule has 1 nitrogen and oxygen atoms in total. The van der Waals surface area contributed by atoms with Crippen molar-refractivity contribution in [1.29, 1.82) is 0 Å². The van der Waals surface area contributed by atoms with Crippen LogP contribution < -0.4 is 5.32 Å². The van der Waals surface area contributed by atoms with E-state index in [1.54, 1.807) is 0 Å². The first kappa shape index (κ1) is 7.53. The normalized spacial score (nSPS) is 40.1. The van der Waals surface area contributed by atoms with Crippen molar-refractivity contribution in [2.75, 3.05) is 13.1 Å². The predicted molar refractivity (Wildman–Crippen MR) is 43.2 cm³/mol. The van der Waals surface area contributed by atoms with Gasteiger partial charge in [-0.15, -0.1) is 0 Å². The van der Waals surface area contributed by atoms with Gasteiger partial charge >= 0.3 is 0 Å². The average molecular weight is 157 g/mol. The van der Waals surface area contributed by atoms with E-state index in [1.165, 1.54) is 25.7 Å². The van der Waals surface area contributed by atoms with Gasteiger partial charge in [0.15, 0.2) is 0 Å². The smallest absolute Gasteiger partial charge is 0.117 e. The Morgan fingerprint density at radius 3 is 2.36 bits per heavy atom. The van der Waals surface area contributed by atoms with Crippen LogP contribution in [0.1, 0.15) is 25.7 Å². The van der Waals surface area contributed by atoms with Gasteiger partial charge in [-0.05, 0) is 5.92 Å². The molecule has 1 aliphatic heterocycles. The van der Waals surface area contributed by atoms with Gasteiger partial charge < -0.3 is 5.32 Å². The van der Waals surface area contributed by atoms with Crippen molar-refractivity contribution in [3.63, 3.8) is 0 Å². The fraction of sp³-hybridized carbons (Fsp3) is 1.00. The van der Waals surface area contributed by atoms with E-state index in [1.807, 2.05) is 0 Å². The van der Waals surface area contributed by atoms with Crippen LogP contribution in [0.15, 0.2) is 0 Å². The van der Waals surface area contributed by atoms with E-state index in [-0.39, 0.29) is 0 Å². The van der Waals surface area contributed by atoms with Crippen LogP contribution in [0.5, 0.6) is 0 Å². The minimum atomic E-state index is -0.557. The van der Waals surface area contributed by atoms with Crippen LogP contribution >= 0.6 is 0 Å². The summed E-state index contributed by atoms with van der Waals surface area (Å²) in [5.74, 6) is 1.04. The Bertz CT molecular complexity index is 132. The Balaban J connectivity index is 1.92. The molecule has 2 heteroatoms. The molecular formula is C9H16FN. The summed E-state index contributed by atoms with van der Waals surface area (Å²) in [5.41, 5.74) is 0. The van der Waals surface area contributed by atoms with Crippen LogP contribution in [-0.4, -0.2) is 19.3 Å². The zero-order valence-electron chi connectivity index (χ0n) is 6.85. The first-order valence-electron chi connectivity index (χ1n) is 4.72. The molecule has 0 aromatic rings. The lowest BCUT2D eigenvalue weighted by atomic mass is 9.89. The molecule has 64 valence electrons. The van der Waals surface area contributed by atoms with Crippen molar-refractivity contribution in [3.05, 3.63) is 0 Å². The molecule has 1 N–H and O–H groups in total. The zero-order chi connectivity index (χ0) is 7.68. The fourth-order valence-corrected chi connectivity index (χ4v) is 2.51. The third kappa shape index (κ3) is 1.41. The summed E-state index contributed by atoms with van der Waals surface area (Å²) in [5, 5.41) is 3.12. The van der Waals surface area contributed by atoms with Crippen LogP contribution in [-0.2, 0) is 0 Å². The standard InChI is InChI=1S/C9H16FN/c10-9-6-11-5-8(9)7-3-1-2-4-7/h7-9,11H,1-6H2/t8-,9+/m0/s1. The molecule has 0 aromatic carbocycles. The second-order valence-electron chi connectivity index (χ2n) is 3.88. The number of hydrogen-bond donors (Lipinski definition) is 1. The van der Waals surface area contributed by atoms with Crippen molar-refractivity contribution in [2.24, 2.45) is 11.8 Å². The molecule has 2 aliphatic rings. The third-order valence-corrected chi connectivity index (χ3v) is 3.19. The lowest BCUT2D eigenvalue weighted by Gasteiger charge is -2.18. The quantitative estimate of drug-likeness (QED) is 0.611. The molecule has 0 radical (unpaired) electrons. The van der Waals surface area contributed by atoms with Gasteiger partial charge in [0.1, 0.15) is 6.17 Å². The number of halogens is 1. The van der Waals surface area contributed by atoms with E-state index in [0.29, 0.717) is 18.4 Å². The summed E-state index contributed by atoms with van der Waals surface area (Å²) in [7, 11) is 0. The molecule has 2 rings (SSSR count). The lowest BCUT2D eigenvalue weighted by Crippen LogP contribution is -2.21. The number of alkyl halides is 1. The van der Waals surface area contributed by atoms with E-state index in [0.717, 1.165) is 6.54 Å². The van der Waals surface area contributed by atoms with Crippen LogP contribution in [0.2, 0.25) is 0 Å². The lowest BCUT2D eigenvalue weighted by molar-refractivity contribution is 0.216. The van der Waals surface area contributed by atoms with Crippen molar-refractivity contribution in [3.8, 4) is 0 Å². The van der Waals surface area contributed by atoms with Gasteiger partial charge in [-0.25, -0.2) is 4.39 Å². The third-order valence-electron chi connectivity index (χ3n) is 3.19. The molecule has 11 heavy (non-hydrogen) atoms. The Hall–Kier alpha value is -0.110. The molecule has 1 saturated heterocycles. The van der Waals surface area contributed by atoms with Crippen LogP contribution in [0.25, 0.3) is 0 Å². The highest BCUT2D eigenvalue weighted by Gasteiger charge is 2.34. The van der Waals surface area contributed by atoms with Gasteiger partial charge in [-0.3, -0.25) is 0 Å². The summed E-state index contributed by atoms with van der Waals surface area (Å²) in [6.45, 7) is 1.52. The van der Waals surface area contributed by atoms with E-state index >= 15 is 0 Å². The van der Waals surface area contributed by atoms with E-state index in [4.69, 9.17) is 0 Å². The second-order valence-corrected chi connectivity index (χ2v) is 3.88. The van der Waals surface area contributed by atoms with Gasteiger partial charge in [0.2, 0.25) is 0 Å². The van der Waals surface area contributed by atoms with Crippen molar-refractivity contribution >= 4 is 0 Å². The minimum absolute atomic E-state index is 0.345. The maximum atomic E-state index is 13.2. The summed E-state index contributed by atoms with van der Waals surface area (Å²) in [4.78, 5) is 0. The van der Waals surface area contributed by atoms with Crippen LogP contribution in [0.4, 0.5) is 4.39 Å². The van der Waals surface area contributed by atoms with Crippen LogP contribution in [0.3, 0.4) is 0 Å². The monoisotopic (exact) mass is 157 g/mol.